The number of hydrogen-bond donors (Lipinski definition) is 3. The van der Waals surface area contributed by atoms with Crippen LogP contribution in [0.3, 0.4) is 0 Å². The average Bonchev–Trinajstić information content (AvgIpc) is 3.00. The van der Waals surface area contributed by atoms with E-state index in [-0.39, 0.29) is 29.9 Å². The Kier molecular flexibility index (Phi) is 8.77. The number of benzene rings is 1. The van der Waals surface area contributed by atoms with Crippen molar-refractivity contribution in [3.63, 3.8) is 0 Å². The van der Waals surface area contributed by atoms with E-state index >= 15 is 0 Å². The number of aryl methyl sites for hydroxylation is 1. The minimum Gasteiger partial charge on any atom is -0.355 e. The van der Waals surface area contributed by atoms with Crippen molar-refractivity contribution in [1.29, 1.82) is 0 Å². The van der Waals surface area contributed by atoms with E-state index in [1.165, 1.54) is 9.75 Å². The molecule has 1 aromatic heterocycles. The molecule has 1 aromatic carbocycles. The summed E-state index contributed by atoms with van der Waals surface area (Å²) in [6.45, 7) is 3.51. The first-order valence-corrected chi connectivity index (χ1v) is 8.25. The summed E-state index contributed by atoms with van der Waals surface area (Å²) in [6.07, 6.45) is 0. The molecule has 1 heterocycles. The monoisotopic (exact) mass is 458 g/mol. The fraction of sp³-hybridized carbons (Fsp3) is 0.294. The summed E-state index contributed by atoms with van der Waals surface area (Å²) >= 11 is 1.78. The first kappa shape index (κ1) is 20.4. The Bertz CT molecular complexity index is 682. The number of hydrogen-bond acceptors (Lipinski definition) is 3. The molecule has 1 amide bonds. The summed E-state index contributed by atoms with van der Waals surface area (Å²) < 4.78 is 0. The molecule has 2 rings (SSSR count). The Morgan fingerprint density at radius 3 is 2.29 bits per heavy atom. The van der Waals surface area contributed by atoms with Crippen molar-refractivity contribution in [3.8, 4) is 0 Å². The van der Waals surface area contributed by atoms with Gasteiger partial charge in [0.1, 0.15) is 0 Å². The maximum atomic E-state index is 11.5. The molecule has 0 fully saturated rings. The van der Waals surface area contributed by atoms with Crippen LogP contribution >= 0.6 is 35.3 Å². The Morgan fingerprint density at radius 2 is 1.75 bits per heavy atom. The molecule has 2 aromatic rings. The number of carbonyl (C=O) groups is 1. The van der Waals surface area contributed by atoms with Gasteiger partial charge in [0.2, 0.25) is 0 Å². The van der Waals surface area contributed by atoms with Gasteiger partial charge in [-0.1, -0.05) is 12.1 Å². The van der Waals surface area contributed by atoms with Crippen LogP contribution in [0.2, 0.25) is 0 Å². The fourth-order valence-corrected chi connectivity index (χ4v) is 2.91. The van der Waals surface area contributed by atoms with Crippen LogP contribution < -0.4 is 16.0 Å². The number of aliphatic imine (C=N–C) groups is 1. The van der Waals surface area contributed by atoms with Crippen LogP contribution in [0.4, 0.5) is 0 Å². The van der Waals surface area contributed by atoms with Gasteiger partial charge in [0.05, 0.1) is 6.54 Å². The van der Waals surface area contributed by atoms with Crippen LogP contribution in [0.1, 0.15) is 25.7 Å². The molecule has 0 atom stereocenters. The Labute approximate surface area is 164 Å². The molecular weight excluding hydrogens is 435 g/mol. The van der Waals surface area contributed by atoms with Crippen molar-refractivity contribution >= 4 is 47.2 Å². The topological polar surface area (TPSA) is 65.5 Å². The highest BCUT2D eigenvalue weighted by molar-refractivity contribution is 14.0. The van der Waals surface area contributed by atoms with Gasteiger partial charge in [0.25, 0.3) is 5.91 Å². The molecule has 7 heteroatoms. The summed E-state index contributed by atoms with van der Waals surface area (Å²) in [5.74, 6) is 0.680. The standard InChI is InChI=1S/C17H22N4OS.HI/c1-12-4-9-15(23-12)11-21-17(19-3)20-10-13-5-7-14(8-6-13)16(22)18-2;/h4-9H,10-11H2,1-3H3,(H,18,22)(H2,19,20,21);1H. The number of guanidine groups is 1. The van der Waals surface area contributed by atoms with Gasteiger partial charge in [-0.15, -0.1) is 35.3 Å². The summed E-state index contributed by atoms with van der Waals surface area (Å²) in [5.41, 5.74) is 1.75. The van der Waals surface area contributed by atoms with Gasteiger partial charge in [0, 0.05) is 36.0 Å². The molecule has 3 N–H and O–H groups in total. The minimum absolute atomic E-state index is 0. The second-order valence-corrected chi connectivity index (χ2v) is 6.44. The highest BCUT2D eigenvalue weighted by Crippen LogP contribution is 2.14. The van der Waals surface area contributed by atoms with Crippen molar-refractivity contribution in [2.45, 2.75) is 20.0 Å². The minimum atomic E-state index is -0.0757. The smallest absolute Gasteiger partial charge is 0.251 e. The van der Waals surface area contributed by atoms with Crippen LogP contribution in [0.15, 0.2) is 41.4 Å². The van der Waals surface area contributed by atoms with Crippen LogP contribution in [0, 0.1) is 6.92 Å². The zero-order valence-corrected chi connectivity index (χ0v) is 17.2. The van der Waals surface area contributed by atoms with Crippen molar-refractivity contribution in [2.24, 2.45) is 4.99 Å². The molecule has 0 aliphatic carbocycles. The van der Waals surface area contributed by atoms with Gasteiger partial charge in [-0.3, -0.25) is 9.79 Å². The number of nitrogens with zero attached hydrogens (tertiary/aromatic N) is 1. The molecule has 0 saturated carbocycles. The Morgan fingerprint density at radius 1 is 1.08 bits per heavy atom. The lowest BCUT2D eigenvalue weighted by Crippen LogP contribution is -2.36. The zero-order chi connectivity index (χ0) is 16.7. The first-order chi connectivity index (χ1) is 11.1. The van der Waals surface area contributed by atoms with Crippen molar-refractivity contribution in [3.05, 3.63) is 57.3 Å². The van der Waals surface area contributed by atoms with Gasteiger partial charge >= 0.3 is 0 Å². The molecular formula is C17H23IN4OS. The third kappa shape index (κ3) is 6.12. The summed E-state index contributed by atoms with van der Waals surface area (Å²) in [5, 5.41) is 9.17. The molecule has 0 aliphatic heterocycles. The lowest BCUT2D eigenvalue weighted by atomic mass is 10.1. The lowest BCUT2D eigenvalue weighted by molar-refractivity contribution is 0.0963. The molecule has 5 nitrogen and oxygen atoms in total. The predicted molar refractivity (Wildman–Crippen MR) is 111 cm³/mol. The van der Waals surface area contributed by atoms with E-state index in [1.807, 2.05) is 24.3 Å². The normalized spacial score (nSPS) is 10.7. The number of amides is 1. The molecule has 0 unspecified atom stereocenters. The largest absolute Gasteiger partial charge is 0.355 e. The number of thiophene rings is 1. The van der Waals surface area contributed by atoms with Crippen LogP contribution in [0.5, 0.6) is 0 Å². The fourth-order valence-electron chi connectivity index (χ4n) is 2.08. The van der Waals surface area contributed by atoms with Gasteiger partial charge in [-0.25, -0.2) is 0 Å². The first-order valence-electron chi connectivity index (χ1n) is 7.43. The number of halogens is 1. The number of carbonyl (C=O) groups excluding carboxylic acids is 1. The second kappa shape index (κ2) is 10.3. The Balaban J connectivity index is 0.00000288. The molecule has 0 bridgehead atoms. The van der Waals surface area contributed by atoms with Gasteiger partial charge < -0.3 is 16.0 Å². The summed E-state index contributed by atoms with van der Waals surface area (Å²) in [7, 11) is 3.38. The molecule has 0 radical (unpaired) electrons. The van der Waals surface area contributed by atoms with E-state index in [4.69, 9.17) is 0 Å². The van der Waals surface area contributed by atoms with Crippen LogP contribution in [-0.2, 0) is 13.1 Å². The molecule has 24 heavy (non-hydrogen) atoms. The van der Waals surface area contributed by atoms with E-state index < -0.39 is 0 Å². The third-order valence-corrected chi connectivity index (χ3v) is 4.35. The molecule has 0 saturated heterocycles. The second-order valence-electron chi connectivity index (χ2n) is 5.07. The van der Waals surface area contributed by atoms with E-state index in [2.05, 4.69) is 40.0 Å². The quantitative estimate of drug-likeness (QED) is 0.367. The van der Waals surface area contributed by atoms with E-state index in [9.17, 15) is 4.79 Å². The maximum absolute atomic E-state index is 11.5. The zero-order valence-electron chi connectivity index (χ0n) is 14.1. The highest BCUT2D eigenvalue weighted by Gasteiger charge is 2.03. The van der Waals surface area contributed by atoms with Gasteiger partial charge in [0.15, 0.2) is 5.96 Å². The van der Waals surface area contributed by atoms with E-state index in [0.717, 1.165) is 18.1 Å². The highest BCUT2D eigenvalue weighted by atomic mass is 127. The average molecular weight is 458 g/mol. The molecule has 0 spiro atoms. The third-order valence-electron chi connectivity index (χ3n) is 3.35. The maximum Gasteiger partial charge on any atom is 0.251 e. The molecule has 0 aliphatic rings. The molecule has 130 valence electrons. The van der Waals surface area contributed by atoms with E-state index in [0.29, 0.717) is 12.1 Å². The van der Waals surface area contributed by atoms with Gasteiger partial charge in [-0.2, -0.15) is 0 Å². The lowest BCUT2D eigenvalue weighted by Gasteiger charge is -2.11. The number of rotatable bonds is 5. The SMILES string of the molecule is CN=C(NCc1ccc(C(=O)NC)cc1)NCc1ccc(C)s1.I. The number of nitrogens with one attached hydrogen (secondary N) is 3. The van der Waals surface area contributed by atoms with Crippen molar-refractivity contribution in [1.82, 2.24) is 16.0 Å². The summed E-state index contributed by atoms with van der Waals surface area (Å²) in [4.78, 5) is 18.3. The summed E-state index contributed by atoms with van der Waals surface area (Å²) in [6, 6.07) is 11.8. The Hall–Kier alpha value is -1.61. The van der Waals surface area contributed by atoms with Crippen LogP contribution in [0.25, 0.3) is 0 Å². The van der Waals surface area contributed by atoms with Crippen molar-refractivity contribution in [2.75, 3.05) is 14.1 Å². The van der Waals surface area contributed by atoms with Crippen molar-refractivity contribution < 1.29 is 4.79 Å². The van der Waals surface area contributed by atoms with Crippen LogP contribution in [-0.4, -0.2) is 26.0 Å². The van der Waals surface area contributed by atoms with Gasteiger partial charge in [-0.05, 0) is 36.8 Å². The van der Waals surface area contributed by atoms with E-state index in [1.54, 1.807) is 25.4 Å². The predicted octanol–water partition coefficient (Wildman–Crippen LogP) is 2.90.